The van der Waals surface area contributed by atoms with Crippen LogP contribution in [0.4, 0.5) is 14.5 Å². The van der Waals surface area contributed by atoms with Crippen molar-refractivity contribution in [1.29, 1.82) is 0 Å². The third-order valence-corrected chi connectivity index (χ3v) is 3.84. The lowest BCUT2D eigenvalue weighted by molar-refractivity contribution is 0.580. The number of rotatable bonds is 5. The summed E-state index contributed by atoms with van der Waals surface area (Å²) in [7, 11) is 0. The summed E-state index contributed by atoms with van der Waals surface area (Å²) in [6, 6.07) is 12.0. The number of hydrogen-bond donors (Lipinski definition) is 1. The molecular formula is C17H18F2N2. The van der Waals surface area contributed by atoms with Crippen LogP contribution in [0.2, 0.25) is 0 Å². The van der Waals surface area contributed by atoms with Gasteiger partial charge in [0, 0.05) is 30.4 Å². The summed E-state index contributed by atoms with van der Waals surface area (Å²) in [5.74, 6) is -0.763. The normalized spacial score (nSPS) is 14.2. The predicted molar refractivity (Wildman–Crippen MR) is 79.9 cm³/mol. The van der Waals surface area contributed by atoms with E-state index in [-0.39, 0.29) is 5.82 Å². The average Bonchev–Trinajstić information content (AvgIpc) is 3.33. The molecule has 1 fully saturated rings. The molecule has 21 heavy (non-hydrogen) atoms. The van der Waals surface area contributed by atoms with Crippen LogP contribution in [0.5, 0.6) is 0 Å². The molecule has 2 nitrogen and oxygen atoms in total. The van der Waals surface area contributed by atoms with Gasteiger partial charge in [-0.3, -0.25) is 0 Å². The maximum Gasteiger partial charge on any atom is 0.128 e. The van der Waals surface area contributed by atoms with Gasteiger partial charge in [-0.1, -0.05) is 12.1 Å². The van der Waals surface area contributed by atoms with Crippen molar-refractivity contribution in [3.05, 3.63) is 65.2 Å². The maximum absolute atomic E-state index is 13.8. The second-order valence-corrected chi connectivity index (χ2v) is 5.47. The molecule has 0 heterocycles. The molecule has 0 amide bonds. The molecule has 3 rings (SSSR count). The predicted octanol–water partition coefficient (Wildman–Crippen LogP) is 3.59. The van der Waals surface area contributed by atoms with Crippen molar-refractivity contribution in [2.24, 2.45) is 5.73 Å². The van der Waals surface area contributed by atoms with Crippen molar-refractivity contribution < 1.29 is 8.78 Å². The van der Waals surface area contributed by atoms with Gasteiger partial charge in [0.25, 0.3) is 0 Å². The molecule has 0 aliphatic heterocycles. The fourth-order valence-corrected chi connectivity index (χ4v) is 2.49. The van der Waals surface area contributed by atoms with Gasteiger partial charge in [-0.2, -0.15) is 0 Å². The Morgan fingerprint density at radius 1 is 1.05 bits per heavy atom. The quantitative estimate of drug-likeness (QED) is 0.911. The van der Waals surface area contributed by atoms with E-state index in [1.807, 2.05) is 24.3 Å². The standard InChI is InChI=1S/C17H18F2N2/c18-14-3-8-17(19)13(9-14)11-21(16-6-7-16)15-4-1-12(10-20)2-5-15/h1-5,8-9,16H,6-7,10-11,20H2. The Bertz CT molecular complexity index is 621. The highest BCUT2D eigenvalue weighted by Gasteiger charge is 2.29. The summed E-state index contributed by atoms with van der Waals surface area (Å²) in [5.41, 5.74) is 8.08. The molecule has 1 aliphatic carbocycles. The Labute approximate surface area is 123 Å². The van der Waals surface area contributed by atoms with Crippen LogP contribution in [-0.2, 0) is 13.1 Å². The van der Waals surface area contributed by atoms with Crippen LogP contribution in [0, 0.1) is 11.6 Å². The molecule has 0 unspecified atom stereocenters. The van der Waals surface area contributed by atoms with Crippen LogP contribution in [0.15, 0.2) is 42.5 Å². The fraction of sp³-hybridized carbons (Fsp3) is 0.294. The smallest absolute Gasteiger partial charge is 0.128 e. The number of benzene rings is 2. The Balaban J connectivity index is 1.86. The summed E-state index contributed by atoms with van der Waals surface area (Å²) in [5, 5.41) is 0. The van der Waals surface area contributed by atoms with Gasteiger partial charge < -0.3 is 10.6 Å². The first-order chi connectivity index (χ1) is 10.2. The van der Waals surface area contributed by atoms with Crippen molar-refractivity contribution in [1.82, 2.24) is 0 Å². The third-order valence-electron chi connectivity index (χ3n) is 3.84. The first-order valence-electron chi connectivity index (χ1n) is 7.17. The van der Waals surface area contributed by atoms with E-state index in [0.717, 1.165) is 30.2 Å². The molecule has 2 aromatic rings. The van der Waals surface area contributed by atoms with E-state index >= 15 is 0 Å². The lowest BCUT2D eigenvalue weighted by Gasteiger charge is -2.25. The first kappa shape index (κ1) is 14.0. The van der Waals surface area contributed by atoms with E-state index in [2.05, 4.69) is 4.90 Å². The molecule has 110 valence electrons. The van der Waals surface area contributed by atoms with Gasteiger partial charge in [0.2, 0.25) is 0 Å². The molecule has 2 N–H and O–H groups in total. The van der Waals surface area contributed by atoms with Gasteiger partial charge in [-0.15, -0.1) is 0 Å². The van der Waals surface area contributed by atoms with E-state index in [4.69, 9.17) is 5.73 Å². The second kappa shape index (κ2) is 5.82. The largest absolute Gasteiger partial charge is 0.364 e. The molecule has 0 atom stereocenters. The number of halogens is 2. The van der Waals surface area contributed by atoms with Gasteiger partial charge in [0.15, 0.2) is 0 Å². The lowest BCUT2D eigenvalue weighted by Crippen LogP contribution is -2.25. The van der Waals surface area contributed by atoms with Crippen LogP contribution in [0.1, 0.15) is 24.0 Å². The molecule has 4 heteroatoms. The van der Waals surface area contributed by atoms with Crippen molar-refractivity contribution in [3.8, 4) is 0 Å². The van der Waals surface area contributed by atoms with Gasteiger partial charge in [-0.25, -0.2) is 8.78 Å². The number of anilines is 1. The molecule has 0 spiro atoms. The Hall–Kier alpha value is -1.94. The summed E-state index contributed by atoms with van der Waals surface area (Å²) in [4.78, 5) is 2.14. The van der Waals surface area contributed by atoms with Crippen LogP contribution in [-0.4, -0.2) is 6.04 Å². The van der Waals surface area contributed by atoms with E-state index in [1.165, 1.54) is 12.1 Å². The molecule has 0 bridgehead atoms. The van der Waals surface area contributed by atoms with E-state index in [1.54, 1.807) is 0 Å². The minimum atomic E-state index is -0.402. The minimum absolute atomic E-state index is 0.361. The molecule has 0 aromatic heterocycles. The van der Waals surface area contributed by atoms with Crippen LogP contribution in [0.25, 0.3) is 0 Å². The molecule has 1 aliphatic rings. The fourth-order valence-electron chi connectivity index (χ4n) is 2.49. The summed E-state index contributed by atoms with van der Waals surface area (Å²) in [6.07, 6.45) is 2.19. The van der Waals surface area contributed by atoms with Gasteiger partial charge in [0.1, 0.15) is 11.6 Å². The topological polar surface area (TPSA) is 29.3 Å². The van der Waals surface area contributed by atoms with Crippen LogP contribution < -0.4 is 10.6 Å². The zero-order valence-electron chi connectivity index (χ0n) is 11.7. The van der Waals surface area contributed by atoms with Gasteiger partial charge >= 0.3 is 0 Å². The SMILES string of the molecule is NCc1ccc(N(Cc2cc(F)ccc2F)C2CC2)cc1. The first-order valence-corrected chi connectivity index (χ1v) is 7.17. The molecule has 2 aromatic carbocycles. The van der Waals surface area contributed by atoms with Crippen molar-refractivity contribution in [2.75, 3.05) is 4.90 Å². The van der Waals surface area contributed by atoms with Crippen molar-refractivity contribution in [3.63, 3.8) is 0 Å². The Morgan fingerprint density at radius 2 is 1.76 bits per heavy atom. The number of nitrogens with zero attached hydrogens (tertiary/aromatic N) is 1. The van der Waals surface area contributed by atoms with E-state index < -0.39 is 5.82 Å². The highest BCUT2D eigenvalue weighted by atomic mass is 19.1. The number of nitrogens with two attached hydrogens (primary N) is 1. The molecule has 1 saturated carbocycles. The Morgan fingerprint density at radius 3 is 2.38 bits per heavy atom. The van der Waals surface area contributed by atoms with Gasteiger partial charge in [0.05, 0.1) is 0 Å². The van der Waals surface area contributed by atoms with Crippen molar-refractivity contribution in [2.45, 2.75) is 32.0 Å². The van der Waals surface area contributed by atoms with Crippen LogP contribution in [0.3, 0.4) is 0 Å². The minimum Gasteiger partial charge on any atom is -0.364 e. The van der Waals surface area contributed by atoms with Crippen LogP contribution >= 0.6 is 0 Å². The molecular weight excluding hydrogens is 270 g/mol. The lowest BCUT2D eigenvalue weighted by atomic mass is 10.1. The average molecular weight is 288 g/mol. The zero-order valence-corrected chi connectivity index (χ0v) is 11.7. The van der Waals surface area contributed by atoms with Gasteiger partial charge in [-0.05, 0) is 48.7 Å². The third kappa shape index (κ3) is 3.22. The number of hydrogen-bond acceptors (Lipinski definition) is 2. The molecule has 0 radical (unpaired) electrons. The summed E-state index contributed by atoms with van der Waals surface area (Å²) >= 11 is 0. The molecule has 0 saturated heterocycles. The highest BCUT2D eigenvalue weighted by Crippen LogP contribution is 2.33. The highest BCUT2D eigenvalue weighted by molar-refractivity contribution is 5.50. The van der Waals surface area contributed by atoms with E-state index in [0.29, 0.717) is 24.7 Å². The van der Waals surface area contributed by atoms with Crippen molar-refractivity contribution >= 4 is 5.69 Å². The summed E-state index contributed by atoms with van der Waals surface area (Å²) < 4.78 is 27.2. The monoisotopic (exact) mass is 288 g/mol. The van der Waals surface area contributed by atoms with E-state index in [9.17, 15) is 8.78 Å². The second-order valence-electron chi connectivity index (χ2n) is 5.47. The zero-order chi connectivity index (χ0) is 14.8. The Kier molecular flexibility index (Phi) is 3.88. The summed E-state index contributed by atoms with van der Waals surface area (Å²) in [6.45, 7) is 0.887. The maximum atomic E-state index is 13.8.